The van der Waals surface area contributed by atoms with Crippen molar-refractivity contribution < 1.29 is 46.5 Å². The fraction of sp³-hybridized carbons (Fsp3) is 0.412. The van der Waals surface area contributed by atoms with Crippen molar-refractivity contribution in [2.45, 2.75) is 43.9 Å². The highest BCUT2D eigenvalue weighted by atomic mass is 19.4. The molecule has 0 spiro atoms. The molecule has 0 unspecified atom stereocenters. The summed E-state index contributed by atoms with van der Waals surface area (Å²) in [6.45, 7) is 0. The average Bonchev–Trinajstić information content (AvgIpc) is 3.11. The van der Waals surface area contributed by atoms with Crippen molar-refractivity contribution in [3.63, 3.8) is 0 Å². The second kappa shape index (κ2) is 9.50. The maximum atomic E-state index is 13.8. The predicted octanol–water partition coefficient (Wildman–Crippen LogP) is 3.52. The van der Waals surface area contributed by atoms with Crippen molar-refractivity contribution in [2.75, 3.05) is 0 Å². The summed E-state index contributed by atoms with van der Waals surface area (Å²) in [5, 5.41) is 25.4. The summed E-state index contributed by atoms with van der Waals surface area (Å²) in [5.74, 6) is -5.09. The SMILES string of the molecule is O=C(O)C(F)(F)F.O=C(O)c1[nH]nnc1OC1CCC(c2ccc(F)cc2F)CC1. The lowest BCUT2D eigenvalue weighted by molar-refractivity contribution is -0.192. The molecule has 1 heterocycles. The van der Waals surface area contributed by atoms with Gasteiger partial charge in [-0.25, -0.2) is 23.5 Å². The van der Waals surface area contributed by atoms with E-state index >= 15 is 0 Å². The Morgan fingerprint density at radius 1 is 1.10 bits per heavy atom. The first-order chi connectivity index (χ1) is 14.0. The molecular formula is C17H16F5N3O5. The van der Waals surface area contributed by atoms with Gasteiger partial charge in [-0.3, -0.25) is 0 Å². The first-order valence-electron chi connectivity index (χ1n) is 8.55. The van der Waals surface area contributed by atoms with E-state index in [2.05, 4.69) is 15.4 Å². The fourth-order valence-corrected chi connectivity index (χ4v) is 2.92. The van der Waals surface area contributed by atoms with E-state index in [9.17, 15) is 26.7 Å². The van der Waals surface area contributed by atoms with Crippen LogP contribution in [-0.4, -0.2) is 49.8 Å². The molecule has 13 heteroatoms. The maximum Gasteiger partial charge on any atom is 0.490 e. The number of nitrogens with zero attached hydrogens (tertiary/aromatic N) is 2. The lowest BCUT2D eigenvalue weighted by Crippen LogP contribution is -2.24. The van der Waals surface area contributed by atoms with Gasteiger partial charge in [-0.15, -0.1) is 0 Å². The summed E-state index contributed by atoms with van der Waals surface area (Å²) in [6, 6.07) is 3.64. The predicted molar refractivity (Wildman–Crippen MR) is 89.0 cm³/mol. The molecule has 3 N–H and O–H groups in total. The molecule has 1 fully saturated rings. The third-order valence-corrected chi connectivity index (χ3v) is 4.33. The molecule has 2 aromatic rings. The Morgan fingerprint density at radius 3 is 2.20 bits per heavy atom. The number of carboxylic acids is 2. The van der Waals surface area contributed by atoms with Crippen molar-refractivity contribution in [3.05, 3.63) is 41.1 Å². The standard InChI is InChI=1S/C15H15F2N3O3.C2HF3O2/c16-9-3-6-11(12(17)7-9)8-1-4-10(5-2-8)23-14-13(15(21)22)18-20-19-14;3-2(4,5)1(6)7/h3,6-8,10H,1-2,4-5H2,(H,21,22)(H,18,19,20);(H,6,7). The molecular weight excluding hydrogens is 421 g/mol. The molecule has 0 radical (unpaired) electrons. The summed E-state index contributed by atoms with van der Waals surface area (Å²) >= 11 is 0. The number of carboxylic acid groups (broad SMARTS) is 2. The Labute approximate surface area is 165 Å². The molecule has 1 aliphatic carbocycles. The molecule has 1 aliphatic rings. The number of rotatable bonds is 4. The first-order valence-corrected chi connectivity index (χ1v) is 8.55. The van der Waals surface area contributed by atoms with E-state index in [4.69, 9.17) is 19.7 Å². The van der Waals surface area contributed by atoms with Gasteiger partial charge in [-0.1, -0.05) is 16.4 Å². The molecule has 0 bridgehead atoms. The van der Waals surface area contributed by atoms with E-state index in [-0.39, 0.29) is 23.6 Å². The van der Waals surface area contributed by atoms with E-state index in [0.717, 1.165) is 6.07 Å². The van der Waals surface area contributed by atoms with Crippen LogP contribution < -0.4 is 4.74 Å². The number of alkyl halides is 3. The van der Waals surface area contributed by atoms with Gasteiger partial charge < -0.3 is 14.9 Å². The van der Waals surface area contributed by atoms with E-state index in [1.165, 1.54) is 12.1 Å². The normalized spacial score (nSPS) is 18.8. The zero-order valence-electron chi connectivity index (χ0n) is 15.1. The summed E-state index contributed by atoms with van der Waals surface area (Å²) < 4.78 is 64.1. The molecule has 30 heavy (non-hydrogen) atoms. The average molecular weight is 437 g/mol. The van der Waals surface area contributed by atoms with Crippen molar-refractivity contribution in [2.24, 2.45) is 0 Å². The number of hydrogen-bond donors (Lipinski definition) is 3. The van der Waals surface area contributed by atoms with Crippen LogP contribution in [0.15, 0.2) is 18.2 Å². The van der Waals surface area contributed by atoms with E-state index < -0.39 is 29.7 Å². The molecule has 0 atom stereocenters. The van der Waals surface area contributed by atoms with Crippen LogP contribution in [0.5, 0.6) is 5.88 Å². The lowest BCUT2D eigenvalue weighted by Gasteiger charge is -2.28. The molecule has 3 rings (SSSR count). The van der Waals surface area contributed by atoms with Gasteiger partial charge in [0, 0.05) is 6.07 Å². The Hall–Kier alpha value is -3.25. The van der Waals surface area contributed by atoms with Crippen molar-refractivity contribution >= 4 is 11.9 Å². The van der Waals surface area contributed by atoms with Gasteiger partial charge in [0.2, 0.25) is 5.69 Å². The largest absolute Gasteiger partial charge is 0.490 e. The minimum Gasteiger partial charge on any atom is -0.476 e. The van der Waals surface area contributed by atoms with Crippen LogP contribution in [0, 0.1) is 11.6 Å². The summed E-state index contributed by atoms with van der Waals surface area (Å²) in [4.78, 5) is 19.9. The number of ether oxygens (including phenoxy) is 1. The quantitative estimate of drug-likeness (QED) is 0.625. The number of aromatic nitrogens is 3. The number of carbonyl (C=O) groups is 2. The maximum absolute atomic E-state index is 13.8. The van der Waals surface area contributed by atoms with Crippen LogP contribution in [0.2, 0.25) is 0 Å². The lowest BCUT2D eigenvalue weighted by atomic mass is 9.82. The fourth-order valence-electron chi connectivity index (χ4n) is 2.92. The van der Waals surface area contributed by atoms with Gasteiger partial charge in [0.1, 0.15) is 17.7 Å². The minimum atomic E-state index is -5.08. The molecule has 0 aliphatic heterocycles. The summed E-state index contributed by atoms with van der Waals surface area (Å²) in [5.41, 5.74) is 0.328. The molecule has 164 valence electrons. The van der Waals surface area contributed by atoms with Crippen molar-refractivity contribution in [1.82, 2.24) is 15.4 Å². The third kappa shape index (κ3) is 6.12. The summed E-state index contributed by atoms with van der Waals surface area (Å²) in [6.07, 6.45) is -2.67. The molecule has 1 aromatic heterocycles. The Morgan fingerprint density at radius 2 is 1.70 bits per heavy atom. The number of halogens is 5. The van der Waals surface area contributed by atoms with Gasteiger partial charge in [-0.2, -0.15) is 13.2 Å². The number of hydrogen-bond acceptors (Lipinski definition) is 5. The Bertz CT molecular complexity index is 894. The van der Waals surface area contributed by atoms with E-state index in [1.54, 1.807) is 0 Å². The zero-order valence-corrected chi connectivity index (χ0v) is 15.1. The molecule has 1 aromatic carbocycles. The van der Waals surface area contributed by atoms with Gasteiger partial charge in [0.25, 0.3) is 5.88 Å². The number of aliphatic carboxylic acids is 1. The topological polar surface area (TPSA) is 125 Å². The van der Waals surface area contributed by atoms with Crippen molar-refractivity contribution in [3.8, 4) is 5.88 Å². The van der Waals surface area contributed by atoms with Gasteiger partial charge >= 0.3 is 18.1 Å². The first kappa shape index (κ1) is 23.0. The molecule has 0 amide bonds. The van der Waals surface area contributed by atoms with Crippen LogP contribution in [0.3, 0.4) is 0 Å². The van der Waals surface area contributed by atoms with Gasteiger partial charge in [0.15, 0.2) is 0 Å². The number of H-pyrrole nitrogens is 1. The summed E-state index contributed by atoms with van der Waals surface area (Å²) in [7, 11) is 0. The highest BCUT2D eigenvalue weighted by molar-refractivity contribution is 5.87. The van der Waals surface area contributed by atoms with Gasteiger partial charge in [0.05, 0.1) is 0 Å². The highest BCUT2D eigenvalue weighted by Gasteiger charge is 2.38. The second-order valence-corrected chi connectivity index (χ2v) is 6.36. The monoisotopic (exact) mass is 437 g/mol. The number of aromatic carboxylic acids is 1. The molecule has 8 nitrogen and oxygen atoms in total. The van der Waals surface area contributed by atoms with Gasteiger partial charge in [-0.05, 0) is 43.2 Å². The van der Waals surface area contributed by atoms with Crippen LogP contribution >= 0.6 is 0 Å². The molecule has 0 saturated heterocycles. The van der Waals surface area contributed by atoms with Crippen LogP contribution in [0.1, 0.15) is 47.7 Å². The molecule has 1 saturated carbocycles. The zero-order chi connectivity index (χ0) is 22.5. The van der Waals surface area contributed by atoms with Crippen LogP contribution in [0.25, 0.3) is 0 Å². The van der Waals surface area contributed by atoms with Crippen LogP contribution in [0.4, 0.5) is 22.0 Å². The minimum absolute atomic E-state index is 0.00621. The van der Waals surface area contributed by atoms with E-state index in [1.807, 2.05) is 0 Å². The smallest absolute Gasteiger partial charge is 0.476 e. The number of nitrogens with one attached hydrogen (secondary N) is 1. The highest BCUT2D eigenvalue weighted by Crippen LogP contribution is 2.35. The Balaban J connectivity index is 0.000000396. The van der Waals surface area contributed by atoms with E-state index in [0.29, 0.717) is 31.2 Å². The van der Waals surface area contributed by atoms with Crippen molar-refractivity contribution in [1.29, 1.82) is 0 Å². The number of aromatic amines is 1. The third-order valence-electron chi connectivity index (χ3n) is 4.33. The second-order valence-electron chi connectivity index (χ2n) is 6.36. The van der Waals surface area contributed by atoms with Crippen LogP contribution in [-0.2, 0) is 4.79 Å². The number of benzene rings is 1. The Kier molecular flexibility index (Phi) is 7.29.